The second kappa shape index (κ2) is 7.27. The molecule has 0 aliphatic carbocycles. The minimum atomic E-state index is -1.65. The lowest BCUT2D eigenvalue weighted by Gasteiger charge is -2.33. The summed E-state index contributed by atoms with van der Waals surface area (Å²) in [6, 6.07) is 12.6. The van der Waals surface area contributed by atoms with E-state index in [2.05, 4.69) is 0 Å². The molecule has 0 aromatic heterocycles. The van der Waals surface area contributed by atoms with E-state index >= 15 is 0 Å². The Balaban J connectivity index is 1.92. The molecule has 26 heavy (non-hydrogen) atoms. The molecule has 2 aromatic carbocycles. The molecular formula is C18H19BO7. The van der Waals surface area contributed by atoms with Crippen LogP contribution in [0, 0.1) is 0 Å². The largest absolute Gasteiger partial charge is 0.492 e. The maximum Gasteiger partial charge on any atom is 0.491 e. The van der Waals surface area contributed by atoms with Gasteiger partial charge in [-0.3, -0.25) is 0 Å². The third-order valence-corrected chi connectivity index (χ3v) is 3.60. The van der Waals surface area contributed by atoms with Crippen LogP contribution in [0.5, 0.6) is 17.2 Å². The van der Waals surface area contributed by atoms with E-state index in [1.165, 1.54) is 0 Å². The average molecular weight is 358 g/mol. The SMILES string of the molecule is CC1(C)OC(=O)c2c(OCc3ccccc3)ccc(OCB(O)O)c2O1. The van der Waals surface area contributed by atoms with E-state index in [1.54, 1.807) is 26.0 Å². The first-order valence-electron chi connectivity index (χ1n) is 8.11. The van der Waals surface area contributed by atoms with Gasteiger partial charge in [0.15, 0.2) is 11.5 Å². The summed E-state index contributed by atoms with van der Waals surface area (Å²) in [4.78, 5) is 12.5. The molecule has 1 aliphatic rings. The molecule has 3 rings (SSSR count). The lowest BCUT2D eigenvalue weighted by atomic mass is 9.95. The Morgan fingerprint density at radius 2 is 1.69 bits per heavy atom. The number of benzene rings is 2. The molecule has 1 heterocycles. The second-order valence-electron chi connectivity index (χ2n) is 6.22. The van der Waals surface area contributed by atoms with Gasteiger partial charge in [0.05, 0.1) is 0 Å². The van der Waals surface area contributed by atoms with Gasteiger partial charge in [0.1, 0.15) is 24.4 Å². The zero-order chi connectivity index (χ0) is 18.7. The molecule has 8 heteroatoms. The van der Waals surface area contributed by atoms with E-state index in [4.69, 9.17) is 29.0 Å². The predicted molar refractivity (Wildman–Crippen MR) is 93.0 cm³/mol. The lowest BCUT2D eigenvalue weighted by Crippen LogP contribution is -2.39. The third-order valence-electron chi connectivity index (χ3n) is 3.60. The number of cyclic esters (lactones) is 1. The van der Waals surface area contributed by atoms with E-state index in [9.17, 15) is 4.79 Å². The van der Waals surface area contributed by atoms with Crippen LogP contribution in [0.15, 0.2) is 42.5 Å². The fraction of sp³-hybridized carbons (Fsp3) is 0.278. The summed E-state index contributed by atoms with van der Waals surface area (Å²) in [6.07, 6.45) is 0. The molecule has 0 radical (unpaired) electrons. The number of rotatable bonds is 6. The normalized spacial score (nSPS) is 14.7. The molecular weight excluding hydrogens is 339 g/mol. The molecule has 0 fully saturated rings. The number of ether oxygens (including phenoxy) is 4. The Morgan fingerprint density at radius 1 is 1.00 bits per heavy atom. The van der Waals surface area contributed by atoms with Crippen LogP contribution in [0.1, 0.15) is 29.8 Å². The number of hydrogen-bond donors (Lipinski definition) is 2. The molecule has 0 atom stereocenters. The van der Waals surface area contributed by atoms with Crippen LogP contribution in [0.3, 0.4) is 0 Å². The summed E-state index contributed by atoms with van der Waals surface area (Å²) in [7, 11) is -1.65. The monoisotopic (exact) mass is 358 g/mol. The van der Waals surface area contributed by atoms with Gasteiger partial charge in [-0.1, -0.05) is 30.3 Å². The van der Waals surface area contributed by atoms with Crippen molar-refractivity contribution in [1.82, 2.24) is 0 Å². The highest BCUT2D eigenvalue weighted by Gasteiger charge is 2.38. The molecule has 0 bridgehead atoms. The van der Waals surface area contributed by atoms with Crippen molar-refractivity contribution in [3.05, 3.63) is 53.6 Å². The standard InChI is InChI=1S/C18H19BO7/c1-18(2)25-16-14(24-11-19(21)22)9-8-13(15(16)17(20)26-18)23-10-12-6-4-3-5-7-12/h3-9,21-22H,10-11H2,1-2H3. The molecule has 0 saturated heterocycles. The van der Waals surface area contributed by atoms with Crippen molar-refractivity contribution in [2.45, 2.75) is 26.2 Å². The number of fused-ring (bicyclic) bond motifs is 1. The molecule has 0 saturated carbocycles. The van der Waals surface area contributed by atoms with Crippen LogP contribution in [0.2, 0.25) is 0 Å². The van der Waals surface area contributed by atoms with Crippen LogP contribution in [-0.2, 0) is 11.3 Å². The maximum absolute atomic E-state index is 12.5. The van der Waals surface area contributed by atoms with Crippen molar-refractivity contribution < 1.29 is 33.8 Å². The summed E-state index contributed by atoms with van der Waals surface area (Å²) < 4.78 is 22.1. The van der Waals surface area contributed by atoms with E-state index in [-0.39, 0.29) is 30.2 Å². The zero-order valence-corrected chi connectivity index (χ0v) is 14.5. The topological polar surface area (TPSA) is 94.5 Å². The first kappa shape index (κ1) is 18.1. The summed E-state index contributed by atoms with van der Waals surface area (Å²) in [6.45, 7) is 3.08. The van der Waals surface area contributed by atoms with Crippen molar-refractivity contribution in [2.75, 3.05) is 6.51 Å². The van der Waals surface area contributed by atoms with Crippen LogP contribution in [-0.4, -0.2) is 35.4 Å². The van der Waals surface area contributed by atoms with Gasteiger partial charge in [0, 0.05) is 13.8 Å². The van der Waals surface area contributed by atoms with E-state index < -0.39 is 18.9 Å². The number of hydrogen-bond acceptors (Lipinski definition) is 7. The van der Waals surface area contributed by atoms with Gasteiger partial charge in [-0.25, -0.2) is 4.79 Å². The molecule has 7 nitrogen and oxygen atoms in total. The Kier molecular flexibility index (Phi) is 5.06. The average Bonchev–Trinajstić information content (AvgIpc) is 2.58. The third kappa shape index (κ3) is 4.09. The minimum Gasteiger partial charge on any atom is -0.492 e. The van der Waals surface area contributed by atoms with Gasteiger partial charge in [0.2, 0.25) is 5.79 Å². The fourth-order valence-electron chi connectivity index (χ4n) is 2.51. The van der Waals surface area contributed by atoms with Crippen molar-refractivity contribution >= 4 is 13.1 Å². The van der Waals surface area contributed by atoms with Crippen molar-refractivity contribution in [3.8, 4) is 17.2 Å². The zero-order valence-electron chi connectivity index (χ0n) is 14.5. The highest BCUT2D eigenvalue weighted by Crippen LogP contribution is 2.43. The maximum atomic E-state index is 12.5. The predicted octanol–water partition coefficient (Wildman–Crippen LogP) is 1.94. The summed E-state index contributed by atoms with van der Waals surface area (Å²) in [5.41, 5.74) is 1.04. The van der Waals surface area contributed by atoms with E-state index in [0.29, 0.717) is 5.75 Å². The number of carbonyl (C=O) groups excluding carboxylic acids is 1. The van der Waals surface area contributed by atoms with Gasteiger partial charge >= 0.3 is 13.1 Å². The van der Waals surface area contributed by atoms with Crippen LogP contribution in [0.4, 0.5) is 0 Å². The summed E-state index contributed by atoms with van der Waals surface area (Å²) in [5.74, 6) is -1.14. The molecule has 0 unspecified atom stereocenters. The molecule has 2 aromatic rings. The Hall–Kier alpha value is -2.71. The Morgan fingerprint density at radius 3 is 2.38 bits per heavy atom. The van der Waals surface area contributed by atoms with Gasteiger partial charge < -0.3 is 29.0 Å². The number of esters is 1. The van der Waals surface area contributed by atoms with E-state index in [1.807, 2.05) is 30.3 Å². The van der Waals surface area contributed by atoms with Crippen LogP contribution >= 0.6 is 0 Å². The second-order valence-corrected chi connectivity index (χ2v) is 6.22. The van der Waals surface area contributed by atoms with Crippen molar-refractivity contribution in [1.29, 1.82) is 0 Å². The highest BCUT2D eigenvalue weighted by molar-refractivity contribution is 6.40. The summed E-state index contributed by atoms with van der Waals surface area (Å²) >= 11 is 0. The molecule has 1 aliphatic heterocycles. The van der Waals surface area contributed by atoms with Crippen molar-refractivity contribution in [2.24, 2.45) is 0 Å². The van der Waals surface area contributed by atoms with Crippen molar-refractivity contribution in [3.63, 3.8) is 0 Å². The number of carbonyl (C=O) groups is 1. The minimum absolute atomic E-state index is 0.102. The van der Waals surface area contributed by atoms with Gasteiger partial charge in [0.25, 0.3) is 0 Å². The Bertz CT molecular complexity index is 790. The van der Waals surface area contributed by atoms with Crippen LogP contribution < -0.4 is 14.2 Å². The van der Waals surface area contributed by atoms with Crippen LogP contribution in [0.25, 0.3) is 0 Å². The first-order chi connectivity index (χ1) is 12.4. The molecule has 0 amide bonds. The van der Waals surface area contributed by atoms with Gasteiger partial charge in [-0.2, -0.15) is 0 Å². The highest BCUT2D eigenvalue weighted by atomic mass is 16.7. The quantitative estimate of drug-likeness (QED) is 0.602. The smallest absolute Gasteiger partial charge is 0.491 e. The van der Waals surface area contributed by atoms with E-state index in [0.717, 1.165) is 5.56 Å². The van der Waals surface area contributed by atoms with Gasteiger partial charge in [-0.15, -0.1) is 0 Å². The molecule has 2 N–H and O–H groups in total. The van der Waals surface area contributed by atoms with Gasteiger partial charge in [-0.05, 0) is 17.7 Å². The first-order valence-corrected chi connectivity index (χ1v) is 8.11. The summed E-state index contributed by atoms with van der Waals surface area (Å²) in [5, 5.41) is 18.0. The molecule has 0 spiro atoms. The molecule has 136 valence electrons. The Labute approximate surface area is 151 Å². The fourth-order valence-corrected chi connectivity index (χ4v) is 2.51. The lowest BCUT2D eigenvalue weighted by molar-refractivity contribution is -0.128.